The van der Waals surface area contributed by atoms with E-state index in [0.717, 1.165) is 23.5 Å². The minimum Gasteiger partial charge on any atom is -0.493 e. The second-order valence-corrected chi connectivity index (χ2v) is 7.24. The first-order valence-electron chi connectivity index (χ1n) is 9.78. The van der Waals surface area contributed by atoms with Crippen molar-refractivity contribution in [2.24, 2.45) is 5.92 Å². The third kappa shape index (κ3) is 4.13. The average molecular weight is 383 g/mol. The van der Waals surface area contributed by atoms with Crippen LogP contribution in [0, 0.1) is 5.92 Å². The smallest absolute Gasteiger partial charge is 0.317 e. The fraction of sp³-hybridized carbons (Fsp3) is 0.429. The molecule has 2 N–H and O–H groups in total. The van der Waals surface area contributed by atoms with E-state index in [9.17, 15) is 9.59 Å². The van der Waals surface area contributed by atoms with Crippen molar-refractivity contribution in [3.05, 3.63) is 54.0 Å². The number of amides is 3. The summed E-state index contributed by atoms with van der Waals surface area (Å²) in [5.41, 5.74) is 1.04. The van der Waals surface area contributed by atoms with E-state index in [-0.39, 0.29) is 23.9 Å². The molecule has 0 radical (unpaired) electrons. The summed E-state index contributed by atoms with van der Waals surface area (Å²) in [5.74, 6) is 1.57. The number of rotatable bonds is 4. The van der Waals surface area contributed by atoms with Crippen LogP contribution in [0.3, 0.4) is 0 Å². The van der Waals surface area contributed by atoms with Crippen LogP contribution >= 0.6 is 0 Å². The van der Waals surface area contributed by atoms with Gasteiger partial charge in [0.2, 0.25) is 5.91 Å². The third-order valence-corrected chi connectivity index (χ3v) is 5.42. The van der Waals surface area contributed by atoms with Crippen LogP contribution in [0.25, 0.3) is 0 Å². The number of para-hydroxylation sites is 1. The third-order valence-electron chi connectivity index (χ3n) is 5.42. The monoisotopic (exact) mass is 383 g/mol. The summed E-state index contributed by atoms with van der Waals surface area (Å²) in [6.45, 7) is 2.13. The van der Waals surface area contributed by atoms with Gasteiger partial charge >= 0.3 is 6.03 Å². The van der Waals surface area contributed by atoms with Crippen molar-refractivity contribution in [1.29, 1.82) is 0 Å². The topological polar surface area (TPSA) is 83.8 Å². The SMILES string of the molecule is O=C(NC1CCOc2ccccc21)C1CCN(C(=O)NCc2ccco2)CC1. The summed E-state index contributed by atoms with van der Waals surface area (Å²) in [6, 6.07) is 11.3. The Labute approximate surface area is 164 Å². The number of likely N-dealkylation sites (tertiary alicyclic amines) is 1. The van der Waals surface area contributed by atoms with E-state index in [1.165, 1.54) is 0 Å². The number of carbonyl (C=O) groups excluding carboxylic acids is 2. The minimum atomic E-state index is -0.117. The van der Waals surface area contributed by atoms with Gasteiger partial charge in [0.25, 0.3) is 0 Å². The molecule has 1 fully saturated rings. The number of benzene rings is 1. The lowest BCUT2D eigenvalue weighted by molar-refractivity contribution is -0.127. The molecule has 1 atom stereocenters. The molecule has 2 aliphatic heterocycles. The highest BCUT2D eigenvalue weighted by Gasteiger charge is 2.30. The Kier molecular flexibility index (Phi) is 5.50. The highest BCUT2D eigenvalue weighted by Crippen LogP contribution is 2.32. The Morgan fingerprint density at radius 1 is 1.07 bits per heavy atom. The molecule has 4 rings (SSSR count). The first kappa shape index (κ1) is 18.4. The number of nitrogens with one attached hydrogen (secondary N) is 2. The van der Waals surface area contributed by atoms with Crippen LogP contribution in [-0.2, 0) is 11.3 Å². The van der Waals surface area contributed by atoms with Crippen molar-refractivity contribution in [2.45, 2.75) is 31.8 Å². The van der Waals surface area contributed by atoms with Gasteiger partial charge in [0.05, 0.1) is 25.5 Å². The van der Waals surface area contributed by atoms with E-state index in [4.69, 9.17) is 9.15 Å². The first-order chi connectivity index (χ1) is 13.7. The van der Waals surface area contributed by atoms with Crippen LogP contribution in [0.4, 0.5) is 4.79 Å². The van der Waals surface area contributed by atoms with Crippen LogP contribution in [-0.4, -0.2) is 36.5 Å². The van der Waals surface area contributed by atoms with Crippen LogP contribution < -0.4 is 15.4 Å². The first-order valence-corrected chi connectivity index (χ1v) is 9.78. The zero-order valence-corrected chi connectivity index (χ0v) is 15.7. The Morgan fingerprint density at radius 2 is 1.89 bits per heavy atom. The largest absolute Gasteiger partial charge is 0.493 e. The fourth-order valence-corrected chi connectivity index (χ4v) is 3.81. The summed E-state index contributed by atoms with van der Waals surface area (Å²) in [6.07, 6.45) is 3.70. The van der Waals surface area contributed by atoms with E-state index in [1.54, 1.807) is 17.2 Å². The minimum absolute atomic E-state index is 0.00734. The van der Waals surface area contributed by atoms with Crippen molar-refractivity contribution in [1.82, 2.24) is 15.5 Å². The maximum Gasteiger partial charge on any atom is 0.317 e. The molecule has 3 heterocycles. The Bertz CT molecular complexity index is 813. The van der Waals surface area contributed by atoms with Gasteiger partial charge in [0.1, 0.15) is 11.5 Å². The molecule has 1 aromatic heterocycles. The van der Waals surface area contributed by atoms with Gasteiger partial charge in [-0.3, -0.25) is 4.79 Å². The molecule has 0 spiro atoms. The maximum atomic E-state index is 12.8. The normalized spacial score (nSPS) is 19.4. The molecule has 0 aliphatic carbocycles. The molecular formula is C21H25N3O4. The molecule has 7 heteroatoms. The lowest BCUT2D eigenvalue weighted by Crippen LogP contribution is -2.47. The highest BCUT2D eigenvalue weighted by atomic mass is 16.5. The highest BCUT2D eigenvalue weighted by molar-refractivity contribution is 5.80. The lowest BCUT2D eigenvalue weighted by atomic mass is 9.94. The quantitative estimate of drug-likeness (QED) is 0.850. The number of urea groups is 1. The number of piperidine rings is 1. The molecule has 28 heavy (non-hydrogen) atoms. The van der Waals surface area contributed by atoms with Gasteiger partial charge in [-0.05, 0) is 31.0 Å². The number of furan rings is 1. The summed E-state index contributed by atoms with van der Waals surface area (Å²) >= 11 is 0. The van der Waals surface area contributed by atoms with E-state index in [2.05, 4.69) is 10.6 Å². The predicted octanol–water partition coefficient (Wildman–Crippen LogP) is 2.84. The van der Waals surface area contributed by atoms with Gasteiger partial charge in [-0.2, -0.15) is 0 Å². The van der Waals surface area contributed by atoms with E-state index in [1.807, 2.05) is 30.3 Å². The molecular weight excluding hydrogens is 358 g/mol. The number of nitrogens with zero attached hydrogens (tertiary/aromatic N) is 1. The van der Waals surface area contributed by atoms with Crippen molar-refractivity contribution < 1.29 is 18.7 Å². The molecule has 148 valence electrons. The van der Waals surface area contributed by atoms with E-state index >= 15 is 0 Å². The van der Waals surface area contributed by atoms with Crippen LogP contribution in [0.1, 0.15) is 36.6 Å². The Hall–Kier alpha value is -2.96. The lowest BCUT2D eigenvalue weighted by Gasteiger charge is -2.33. The summed E-state index contributed by atoms with van der Waals surface area (Å²) in [4.78, 5) is 26.8. The molecule has 1 aromatic carbocycles. The summed E-state index contributed by atoms with van der Waals surface area (Å²) in [5, 5.41) is 6.04. The number of hydrogen-bond donors (Lipinski definition) is 2. The Morgan fingerprint density at radius 3 is 2.68 bits per heavy atom. The predicted molar refractivity (Wildman–Crippen MR) is 103 cm³/mol. The van der Waals surface area contributed by atoms with Gasteiger partial charge in [0.15, 0.2) is 0 Å². The molecule has 0 saturated carbocycles. The fourth-order valence-electron chi connectivity index (χ4n) is 3.81. The molecule has 1 saturated heterocycles. The van der Waals surface area contributed by atoms with Crippen molar-refractivity contribution in [3.8, 4) is 5.75 Å². The number of ether oxygens (including phenoxy) is 1. The molecule has 0 bridgehead atoms. The van der Waals surface area contributed by atoms with Gasteiger partial charge < -0.3 is 24.7 Å². The van der Waals surface area contributed by atoms with Gasteiger partial charge in [-0.25, -0.2) is 4.79 Å². The van der Waals surface area contributed by atoms with E-state index < -0.39 is 0 Å². The van der Waals surface area contributed by atoms with Gasteiger partial charge in [-0.1, -0.05) is 18.2 Å². The van der Waals surface area contributed by atoms with Crippen molar-refractivity contribution >= 4 is 11.9 Å². The zero-order valence-electron chi connectivity index (χ0n) is 15.7. The maximum absolute atomic E-state index is 12.8. The molecule has 3 amide bonds. The molecule has 2 aromatic rings. The second-order valence-electron chi connectivity index (χ2n) is 7.24. The average Bonchev–Trinajstić information content (AvgIpc) is 3.26. The summed E-state index contributed by atoms with van der Waals surface area (Å²) < 4.78 is 10.9. The number of hydrogen-bond acceptors (Lipinski definition) is 4. The van der Waals surface area contributed by atoms with Crippen LogP contribution in [0.2, 0.25) is 0 Å². The molecule has 7 nitrogen and oxygen atoms in total. The number of carbonyl (C=O) groups is 2. The second kappa shape index (κ2) is 8.37. The number of fused-ring (bicyclic) bond motifs is 1. The van der Waals surface area contributed by atoms with Gasteiger partial charge in [0, 0.05) is 31.0 Å². The van der Waals surface area contributed by atoms with Crippen molar-refractivity contribution in [3.63, 3.8) is 0 Å². The molecule has 1 unspecified atom stereocenters. The van der Waals surface area contributed by atoms with Crippen LogP contribution in [0.5, 0.6) is 5.75 Å². The summed E-state index contributed by atoms with van der Waals surface area (Å²) in [7, 11) is 0. The Balaban J connectivity index is 1.26. The standard InChI is InChI=1S/C21H25N3O4/c25-20(23-18-9-13-28-19-6-2-1-5-17(18)19)15-7-10-24(11-8-15)21(26)22-14-16-4-3-12-27-16/h1-6,12,15,18H,7-11,13-14H2,(H,22,26)(H,23,25). The van der Waals surface area contributed by atoms with Crippen LogP contribution in [0.15, 0.2) is 47.1 Å². The van der Waals surface area contributed by atoms with Crippen molar-refractivity contribution in [2.75, 3.05) is 19.7 Å². The van der Waals surface area contributed by atoms with E-state index in [0.29, 0.717) is 39.1 Å². The van der Waals surface area contributed by atoms with Gasteiger partial charge in [-0.15, -0.1) is 0 Å². The molecule has 2 aliphatic rings. The zero-order chi connectivity index (χ0) is 19.3.